The monoisotopic (exact) mass is 277 g/mol. The first-order chi connectivity index (χ1) is 9.61. The van der Waals surface area contributed by atoms with Gasteiger partial charge < -0.3 is 15.2 Å². The number of carbonyl (C=O) groups is 1. The number of esters is 1. The summed E-state index contributed by atoms with van der Waals surface area (Å²) in [5.41, 5.74) is 6.88. The van der Waals surface area contributed by atoms with Crippen LogP contribution < -0.4 is 10.5 Å². The Balaban J connectivity index is 2.15. The summed E-state index contributed by atoms with van der Waals surface area (Å²) in [5, 5.41) is 0. The number of benzene rings is 1. The fraction of sp³-hybridized carbons (Fsp3) is 0.562. The Morgan fingerprint density at radius 2 is 2.00 bits per heavy atom. The number of rotatable bonds is 4. The second kappa shape index (κ2) is 6.64. The van der Waals surface area contributed by atoms with Crippen LogP contribution in [0.2, 0.25) is 0 Å². The Labute approximate surface area is 120 Å². The normalized spacial score (nSPS) is 22.3. The summed E-state index contributed by atoms with van der Waals surface area (Å²) in [6.07, 6.45) is 4.48. The molecule has 0 unspecified atom stereocenters. The van der Waals surface area contributed by atoms with Crippen LogP contribution in [0.15, 0.2) is 18.2 Å². The number of anilines is 1. The molecule has 1 saturated carbocycles. The van der Waals surface area contributed by atoms with Crippen molar-refractivity contribution in [2.75, 3.05) is 12.3 Å². The molecule has 0 radical (unpaired) electrons. The van der Waals surface area contributed by atoms with Crippen LogP contribution >= 0.6 is 0 Å². The summed E-state index contributed by atoms with van der Waals surface area (Å²) < 4.78 is 11.1. The van der Waals surface area contributed by atoms with Crippen molar-refractivity contribution in [2.45, 2.75) is 45.6 Å². The van der Waals surface area contributed by atoms with Gasteiger partial charge in [0.2, 0.25) is 0 Å². The van der Waals surface area contributed by atoms with Crippen LogP contribution in [0.3, 0.4) is 0 Å². The van der Waals surface area contributed by atoms with Crippen molar-refractivity contribution in [3.05, 3.63) is 23.8 Å². The van der Waals surface area contributed by atoms with Gasteiger partial charge in [-0.2, -0.15) is 0 Å². The van der Waals surface area contributed by atoms with Crippen molar-refractivity contribution in [1.82, 2.24) is 0 Å². The number of hydrogen-bond acceptors (Lipinski definition) is 4. The Bertz CT molecular complexity index is 465. The van der Waals surface area contributed by atoms with E-state index in [-0.39, 0.29) is 12.1 Å². The molecular weight excluding hydrogens is 254 g/mol. The largest absolute Gasteiger partial charge is 0.487 e. The highest BCUT2D eigenvalue weighted by atomic mass is 16.5. The fourth-order valence-electron chi connectivity index (χ4n) is 2.57. The van der Waals surface area contributed by atoms with E-state index < -0.39 is 0 Å². The van der Waals surface area contributed by atoms with Crippen LogP contribution in [0.4, 0.5) is 5.69 Å². The van der Waals surface area contributed by atoms with E-state index in [0.29, 0.717) is 23.6 Å². The zero-order valence-electron chi connectivity index (χ0n) is 12.2. The minimum absolute atomic E-state index is 0.143. The van der Waals surface area contributed by atoms with E-state index in [9.17, 15) is 4.79 Å². The number of carbonyl (C=O) groups excluding carboxylic acids is 1. The molecule has 1 aliphatic rings. The van der Waals surface area contributed by atoms with Gasteiger partial charge in [-0.1, -0.05) is 13.0 Å². The van der Waals surface area contributed by atoms with Gasteiger partial charge in [0, 0.05) is 0 Å². The van der Waals surface area contributed by atoms with E-state index >= 15 is 0 Å². The molecule has 0 bridgehead atoms. The number of ether oxygens (including phenoxy) is 2. The van der Waals surface area contributed by atoms with Crippen LogP contribution in [0.25, 0.3) is 0 Å². The highest BCUT2D eigenvalue weighted by molar-refractivity contribution is 5.94. The summed E-state index contributed by atoms with van der Waals surface area (Å²) in [6.45, 7) is 4.39. The quantitative estimate of drug-likeness (QED) is 0.676. The van der Waals surface area contributed by atoms with E-state index in [1.807, 2.05) is 0 Å². The molecule has 110 valence electrons. The van der Waals surface area contributed by atoms with Crippen molar-refractivity contribution in [3.8, 4) is 5.75 Å². The van der Waals surface area contributed by atoms with Crippen molar-refractivity contribution >= 4 is 11.7 Å². The van der Waals surface area contributed by atoms with Gasteiger partial charge in [-0.25, -0.2) is 4.79 Å². The molecule has 0 heterocycles. The zero-order valence-corrected chi connectivity index (χ0v) is 12.2. The van der Waals surface area contributed by atoms with Gasteiger partial charge >= 0.3 is 5.97 Å². The lowest BCUT2D eigenvalue weighted by atomic mass is 9.89. The Kier molecular flexibility index (Phi) is 4.88. The molecule has 0 aromatic heterocycles. The van der Waals surface area contributed by atoms with Crippen molar-refractivity contribution in [1.29, 1.82) is 0 Å². The molecule has 20 heavy (non-hydrogen) atoms. The molecule has 1 aliphatic carbocycles. The maximum absolute atomic E-state index is 12.0. The maximum atomic E-state index is 12.0. The van der Waals surface area contributed by atoms with E-state index in [1.165, 1.54) is 0 Å². The number of nitrogens with two attached hydrogens (primary N) is 1. The van der Waals surface area contributed by atoms with Crippen LogP contribution in [-0.4, -0.2) is 18.7 Å². The summed E-state index contributed by atoms with van der Waals surface area (Å²) >= 11 is 0. The van der Waals surface area contributed by atoms with E-state index in [0.717, 1.165) is 31.6 Å². The molecule has 2 rings (SSSR count). The highest BCUT2D eigenvalue weighted by Crippen LogP contribution is 2.32. The summed E-state index contributed by atoms with van der Waals surface area (Å²) in [5.74, 6) is 0.858. The summed E-state index contributed by atoms with van der Waals surface area (Å²) in [7, 11) is 0. The fourth-order valence-corrected chi connectivity index (χ4v) is 2.57. The van der Waals surface area contributed by atoms with Crippen molar-refractivity contribution in [3.63, 3.8) is 0 Å². The van der Waals surface area contributed by atoms with E-state index in [4.69, 9.17) is 15.2 Å². The molecule has 0 saturated heterocycles. The number of hydrogen-bond donors (Lipinski definition) is 1. The molecule has 0 atom stereocenters. The second-order valence-corrected chi connectivity index (χ2v) is 5.44. The van der Waals surface area contributed by atoms with Crippen LogP contribution in [0, 0.1) is 5.92 Å². The molecule has 1 aromatic carbocycles. The molecule has 0 amide bonds. The van der Waals surface area contributed by atoms with Gasteiger partial charge in [-0.3, -0.25) is 0 Å². The van der Waals surface area contributed by atoms with E-state index in [2.05, 4.69) is 6.92 Å². The molecular formula is C16H23NO3. The first-order valence-corrected chi connectivity index (χ1v) is 7.34. The van der Waals surface area contributed by atoms with Gasteiger partial charge in [0.1, 0.15) is 5.56 Å². The first-order valence-electron chi connectivity index (χ1n) is 7.34. The lowest BCUT2D eigenvalue weighted by Gasteiger charge is -2.28. The van der Waals surface area contributed by atoms with Gasteiger partial charge in [-0.05, 0) is 50.7 Å². The van der Waals surface area contributed by atoms with Crippen LogP contribution in [0.5, 0.6) is 5.75 Å². The molecule has 0 aliphatic heterocycles. The minimum Gasteiger partial charge on any atom is -0.487 e. The third-order valence-corrected chi connectivity index (χ3v) is 3.79. The third-order valence-electron chi connectivity index (χ3n) is 3.79. The van der Waals surface area contributed by atoms with Gasteiger partial charge in [0.15, 0.2) is 5.75 Å². The highest BCUT2D eigenvalue weighted by Gasteiger charge is 2.23. The lowest BCUT2D eigenvalue weighted by Crippen LogP contribution is -2.24. The maximum Gasteiger partial charge on any atom is 0.341 e. The molecule has 4 nitrogen and oxygen atoms in total. The van der Waals surface area contributed by atoms with Crippen LogP contribution in [0.1, 0.15) is 49.9 Å². The smallest absolute Gasteiger partial charge is 0.341 e. The van der Waals surface area contributed by atoms with Gasteiger partial charge in [0.05, 0.1) is 18.4 Å². The lowest BCUT2D eigenvalue weighted by molar-refractivity contribution is 0.0515. The predicted octanol–water partition coefficient (Wildman–Crippen LogP) is 3.40. The number of nitrogen functional groups attached to an aromatic ring is 1. The Hall–Kier alpha value is -1.71. The molecule has 2 N–H and O–H groups in total. The average Bonchev–Trinajstić information content (AvgIpc) is 2.43. The molecule has 1 aromatic rings. The standard InChI is InChI=1S/C16H23NO3/c1-3-19-16(18)13-5-4-6-14(17)15(13)20-12-9-7-11(2)8-10-12/h4-6,11-12H,3,7-10,17H2,1-2H3. The van der Waals surface area contributed by atoms with Crippen LogP contribution in [-0.2, 0) is 4.74 Å². The van der Waals surface area contributed by atoms with Crippen molar-refractivity contribution < 1.29 is 14.3 Å². The van der Waals surface area contributed by atoms with Gasteiger partial charge in [-0.15, -0.1) is 0 Å². The molecule has 0 spiro atoms. The first kappa shape index (κ1) is 14.7. The Morgan fingerprint density at radius 3 is 2.65 bits per heavy atom. The van der Waals surface area contributed by atoms with Crippen molar-refractivity contribution in [2.24, 2.45) is 5.92 Å². The number of para-hydroxylation sites is 1. The minimum atomic E-state index is -0.376. The third kappa shape index (κ3) is 3.44. The summed E-state index contributed by atoms with van der Waals surface area (Å²) in [6, 6.07) is 5.20. The predicted molar refractivity (Wildman–Crippen MR) is 78.9 cm³/mol. The molecule has 4 heteroatoms. The van der Waals surface area contributed by atoms with Gasteiger partial charge in [0.25, 0.3) is 0 Å². The SMILES string of the molecule is CCOC(=O)c1cccc(N)c1OC1CCC(C)CC1. The summed E-state index contributed by atoms with van der Waals surface area (Å²) in [4.78, 5) is 12.0. The average molecular weight is 277 g/mol. The topological polar surface area (TPSA) is 61.5 Å². The molecule has 1 fully saturated rings. The second-order valence-electron chi connectivity index (χ2n) is 5.44. The zero-order chi connectivity index (χ0) is 14.5. The van der Waals surface area contributed by atoms with E-state index in [1.54, 1.807) is 25.1 Å². The Morgan fingerprint density at radius 1 is 1.30 bits per heavy atom.